The van der Waals surface area contributed by atoms with E-state index >= 15 is 0 Å². The fraction of sp³-hybridized carbons (Fsp3) is 0. The van der Waals surface area contributed by atoms with Gasteiger partial charge in [-0.3, -0.25) is 0 Å². The number of halogens is 2. The smallest absolute Gasteiger partial charge is 0.423 e. The SMILES string of the molecule is Brc1ccc2c(-c3ccccc3)c(Br)ccc2c1-c1ccccc1.OB(O)c1cccc(-c2ccc3ccccc3c2)c1.c1ccc(-c2c(-c3cccc(-c4ccc5ccccc5c4)c3)ccc3c(-c4ccccc4)c(-c4cccc(-c5ccc6ccccc6c5)c4)ccc23)cc1. The molecule has 0 atom stereocenters. The van der Waals surface area contributed by atoms with Crippen LogP contribution in [0.5, 0.6) is 0 Å². The van der Waals surface area contributed by atoms with E-state index in [4.69, 9.17) is 0 Å². The molecule has 0 aliphatic heterocycles. The minimum Gasteiger partial charge on any atom is -0.423 e. The van der Waals surface area contributed by atoms with Gasteiger partial charge in [-0.1, -0.05) is 359 Å². The molecule has 460 valence electrons. The molecule has 2 N–H and O–H groups in total. The highest BCUT2D eigenvalue weighted by Crippen LogP contribution is 2.47. The number of hydrogen-bond donors (Lipinski definition) is 2. The molecule has 0 fully saturated rings. The van der Waals surface area contributed by atoms with Crippen molar-refractivity contribution < 1.29 is 10.0 Å². The van der Waals surface area contributed by atoms with Crippen molar-refractivity contribution in [2.45, 2.75) is 0 Å². The highest BCUT2D eigenvalue weighted by Gasteiger charge is 2.20. The van der Waals surface area contributed by atoms with Gasteiger partial charge in [-0.2, -0.15) is 0 Å². The number of benzene rings is 17. The average molecular weight is 1370 g/mol. The molecule has 0 bridgehead atoms. The molecule has 0 aliphatic carbocycles. The molecule has 0 spiro atoms. The van der Waals surface area contributed by atoms with Crippen molar-refractivity contribution in [3.05, 3.63) is 379 Å². The third-order valence-corrected chi connectivity index (χ3v) is 19.7. The normalized spacial score (nSPS) is 11.1. The second-order valence-electron chi connectivity index (χ2n) is 24.3. The summed E-state index contributed by atoms with van der Waals surface area (Å²) < 4.78 is 2.23. The fourth-order valence-electron chi connectivity index (χ4n) is 13.6. The molecular formula is C92H63BBr2O2. The summed E-state index contributed by atoms with van der Waals surface area (Å²) in [6.45, 7) is 0. The van der Waals surface area contributed by atoms with Crippen LogP contribution in [-0.4, -0.2) is 17.2 Å². The van der Waals surface area contributed by atoms with E-state index in [-0.39, 0.29) is 0 Å². The summed E-state index contributed by atoms with van der Waals surface area (Å²) in [6, 6.07) is 131. The average Bonchev–Trinajstić information content (AvgIpc) is 0.750. The maximum absolute atomic E-state index is 9.22. The van der Waals surface area contributed by atoms with Crippen LogP contribution in [0.1, 0.15) is 0 Å². The third-order valence-electron chi connectivity index (χ3n) is 18.3. The summed E-state index contributed by atoms with van der Waals surface area (Å²) in [7, 11) is -1.43. The Kier molecular flexibility index (Phi) is 18.0. The Balaban J connectivity index is 0.000000146. The first-order chi connectivity index (χ1) is 47.8. The van der Waals surface area contributed by atoms with Gasteiger partial charge >= 0.3 is 7.12 Å². The maximum Gasteiger partial charge on any atom is 0.488 e. The van der Waals surface area contributed by atoms with Crippen LogP contribution in [0, 0.1) is 0 Å². The van der Waals surface area contributed by atoms with Gasteiger partial charge < -0.3 is 10.0 Å². The number of fused-ring (bicyclic) bond motifs is 5. The molecule has 17 aromatic rings. The fourth-order valence-corrected chi connectivity index (χ4v) is 14.7. The summed E-state index contributed by atoms with van der Waals surface area (Å²) in [6.07, 6.45) is 0. The van der Waals surface area contributed by atoms with Gasteiger partial charge in [-0.05, 0) is 191 Å². The standard InChI is InChI=1S/C54H36.C22H14Br2.C16H13BO2/c1-3-15-39(16-4-1)53-49(47-23-11-21-43(35-47)45-27-25-37-13-7-9-19-41(37)33-45)29-32-52-51(53)31-30-50(54(52)40-17-5-2-6-18-40)48-24-12-22-44(36-48)46-28-26-38-14-8-10-20-42(38)34-46;23-19-13-12-18-17(21(19)15-7-3-1-4-8-15)11-14-20(24)22(18)16-9-5-2-6-10-16;18-17(19)16-7-3-6-14(11-16)15-9-8-12-4-1-2-5-13(12)10-15/h1-36H;1-14H;1-11,18-19H. The van der Waals surface area contributed by atoms with Crippen molar-refractivity contribution in [3.63, 3.8) is 0 Å². The van der Waals surface area contributed by atoms with E-state index < -0.39 is 7.12 Å². The summed E-state index contributed by atoms with van der Waals surface area (Å²) >= 11 is 7.48. The van der Waals surface area contributed by atoms with Crippen LogP contribution in [0.15, 0.2) is 379 Å². The van der Waals surface area contributed by atoms with Crippen LogP contribution < -0.4 is 5.46 Å². The predicted molar refractivity (Wildman–Crippen MR) is 421 cm³/mol. The van der Waals surface area contributed by atoms with E-state index in [2.05, 4.69) is 359 Å². The van der Waals surface area contributed by atoms with E-state index in [1.54, 1.807) is 12.1 Å². The second kappa shape index (κ2) is 28.1. The lowest BCUT2D eigenvalue weighted by atomic mass is 9.79. The van der Waals surface area contributed by atoms with Crippen LogP contribution in [0.25, 0.3) is 154 Å². The predicted octanol–water partition coefficient (Wildman–Crippen LogP) is 25.0. The van der Waals surface area contributed by atoms with Crippen molar-refractivity contribution in [2.24, 2.45) is 0 Å². The second-order valence-corrected chi connectivity index (χ2v) is 26.0. The van der Waals surface area contributed by atoms with Gasteiger partial charge in [0.05, 0.1) is 0 Å². The Bertz CT molecular complexity index is 5410. The summed E-state index contributed by atoms with van der Waals surface area (Å²) in [5, 5.41) is 30.8. The number of rotatable bonds is 10. The first kappa shape index (κ1) is 62.1. The largest absolute Gasteiger partial charge is 0.488 e. The van der Waals surface area contributed by atoms with Crippen molar-refractivity contribution in [1.82, 2.24) is 0 Å². The van der Waals surface area contributed by atoms with Gasteiger partial charge in [0, 0.05) is 20.1 Å². The first-order valence-electron chi connectivity index (χ1n) is 32.6. The van der Waals surface area contributed by atoms with Gasteiger partial charge in [0.2, 0.25) is 0 Å². The zero-order chi connectivity index (χ0) is 65.6. The van der Waals surface area contributed by atoms with Crippen LogP contribution in [0.3, 0.4) is 0 Å². The van der Waals surface area contributed by atoms with Gasteiger partial charge in [-0.25, -0.2) is 0 Å². The minimum absolute atomic E-state index is 0.505. The molecule has 97 heavy (non-hydrogen) atoms. The van der Waals surface area contributed by atoms with E-state index in [1.807, 2.05) is 30.3 Å². The molecule has 17 aromatic carbocycles. The lowest BCUT2D eigenvalue weighted by Gasteiger charge is -2.20. The third kappa shape index (κ3) is 13.1. The molecule has 17 rings (SSSR count). The molecule has 5 heteroatoms. The lowest BCUT2D eigenvalue weighted by Crippen LogP contribution is -2.29. The Morgan fingerprint density at radius 1 is 0.186 bits per heavy atom. The van der Waals surface area contributed by atoms with Crippen LogP contribution in [0.4, 0.5) is 0 Å². The maximum atomic E-state index is 9.22. The first-order valence-corrected chi connectivity index (χ1v) is 34.2. The Morgan fingerprint density at radius 2 is 0.454 bits per heavy atom. The van der Waals surface area contributed by atoms with Gasteiger partial charge in [0.1, 0.15) is 0 Å². The molecular weight excluding hydrogens is 1310 g/mol. The molecule has 0 amide bonds. The minimum atomic E-state index is -1.43. The summed E-state index contributed by atoms with van der Waals surface area (Å²) in [5.41, 5.74) is 22.1. The Morgan fingerprint density at radius 3 is 0.814 bits per heavy atom. The molecule has 0 saturated heterocycles. The van der Waals surface area contributed by atoms with Gasteiger partial charge in [0.15, 0.2) is 0 Å². The quantitative estimate of drug-likeness (QED) is 0.134. The monoisotopic (exact) mass is 1370 g/mol. The van der Waals surface area contributed by atoms with E-state index in [1.165, 1.54) is 143 Å². The Labute approximate surface area is 583 Å². The lowest BCUT2D eigenvalue weighted by molar-refractivity contribution is 0.426. The summed E-state index contributed by atoms with van der Waals surface area (Å²) in [4.78, 5) is 0. The van der Waals surface area contributed by atoms with Crippen LogP contribution >= 0.6 is 31.9 Å². The topological polar surface area (TPSA) is 40.5 Å². The van der Waals surface area contributed by atoms with Crippen molar-refractivity contribution in [3.8, 4) is 100 Å². The van der Waals surface area contributed by atoms with Gasteiger partial charge in [-0.15, -0.1) is 0 Å². The highest BCUT2D eigenvalue weighted by molar-refractivity contribution is 9.11. The summed E-state index contributed by atoms with van der Waals surface area (Å²) in [5.74, 6) is 0. The Hall–Kier alpha value is -11.0. The van der Waals surface area contributed by atoms with E-state index in [0.29, 0.717) is 5.46 Å². The highest BCUT2D eigenvalue weighted by atomic mass is 79.9. The van der Waals surface area contributed by atoms with Crippen molar-refractivity contribution >= 4 is 98.3 Å². The molecule has 0 unspecified atom stereocenters. The van der Waals surface area contributed by atoms with Gasteiger partial charge in [0.25, 0.3) is 0 Å². The van der Waals surface area contributed by atoms with Crippen LogP contribution in [-0.2, 0) is 0 Å². The molecule has 0 heterocycles. The zero-order valence-corrected chi connectivity index (χ0v) is 56.1. The zero-order valence-electron chi connectivity index (χ0n) is 52.9. The molecule has 0 aromatic heterocycles. The van der Waals surface area contributed by atoms with E-state index in [0.717, 1.165) is 20.1 Å². The van der Waals surface area contributed by atoms with Crippen LogP contribution in [0.2, 0.25) is 0 Å². The molecule has 0 radical (unpaired) electrons. The van der Waals surface area contributed by atoms with E-state index in [9.17, 15) is 10.0 Å². The molecule has 0 saturated carbocycles. The molecule has 2 nitrogen and oxygen atoms in total. The molecule has 0 aliphatic rings. The van der Waals surface area contributed by atoms with Crippen molar-refractivity contribution in [2.75, 3.05) is 0 Å². The number of hydrogen-bond acceptors (Lipinski definition) is 2. The van der Waals surface area contributed by atoms with Crippen molar-refractivity contribution in [1.29, 1.82) is 0 Å².